The molecule has 1 aromatic carbocycles. The zero-order valence-corrected chi connectivity index (χ0v) is 15.7. The van der Waals surface area contributed by atoms with Gasteiger partial charge in [0.2, 0.25) is 0 Å². The Morgan fingerprint density at radius 2 is 2.08 bits per heavy atom. The predicted molar refractivity (Wildman–Crippen MR) is 101 cm³/mol. The van der Waals surface area contributed by atoms with Crippen LogP contribution in [0.5, 0.6) is 0 Å². The highest BCUT2D eigenvalue weighted by atomic mass is 32.2. The minimum Gasteiger partial charge on any atom is -0.394 e. The number of thiazole rings is 1. The van der Waals surface area contributed by atoms with Crippen LogP contribution in [0.3, 0.4) is 0 Å². The quantitative estimate of drug-likeness (QED) is 0.416. The number of fused-ring (bicyclic) bond motifs is 1. The fraction of sp³-hybridized carbons (Fsp3) is 0.312. The zero-order valence-electron chi connectivity index (χ0n) is 14.1. The summed E-state index contributed by atoms with van der Waals surface area (Å²) in [6, 6.07) is 3.87. The van der Waals surface area contributed by atoms with Crippen LogP contribution < -0.4 is 10.6 Å². The van der Waals surface area contributed by atoms with Gasteiger partial charge >= 0.3 is 0 Å². The highest BCUT2D eigenvalue weighted by molar-refractivity contribution is 7.98. The molecule has 1 atom stereocenters. The van der Waals surface area contributed by atoms with E-state index in [0.717, 1.165) is 10.8 Å². The second-order valence-corrected chi connectivity index (χ2v) is 7.45. The molecule has 0 aliphatic rings. The molecule has 0 saturated heterocycles. The summed E-state index contributed by atoms with van der Waals surface area (Å²) in [6.07, 6.45) is 0. The summed E-state index contributed by atoms with van der Waals surface area (Å²) < 4.78 is 27.9. The van der Waals surface area contributed by atoms with Crippen LogP contribution in [0, 0.1) is 11.6 Å². The first-order valence-corrected chi connectivity index (χ1v) is 9.61. The molecule has 10 heteroatoms. The van der Waals surface area contributed by atoms with Crippen LogP contribution in [0.25, 0.3) is 10.3 Å². The van der Waals surface area contributed by atoms with Crippen LogP contribution in [0.1, 0.15) is 12.5 Å². The molecule has 3 aromatic rings. The molecule has 0 aliphatic heterocycles. The molecule has 26 heavy (non-hydrogen) atoms. The van der Waals surface area contributed by atoms with E-state index < -0.39 is 11.6 Å². The van der Waals surface area contributed by atoms with E-state index in [1.807, 2.05) is 6.92 Å². The molecule has 0 spiro atoms. The van der Waals surface area contributed by atoms with Gasteiger partial charge in [0.1, 0.15) is 4.70 Å². The van der Waals surface area contributed by atoms with Crippen molar-refractivity contribution in [2.75, 3.05) is 24.3 Å². The van der Waals surface area contributed by atoms with E-state index in [9.17, 15) is 13.9 Å². The van der Waals surface area contributed by atoms with Crippen LogP contribution in [0.2, 0.25) is 0 Å². The van der Waals surface area contributed by atoms with Crippen LogP contribution >= 0.6 is 23.1 Å². The third-order valence-electron chi connectivity index (χ3n) is 3.49. The van der Waals surface area contributed by atoms with E-state index in [-0.39, 0.29) is 24.0 Å². The minimum atomic E-state index is -0.878. The average molecular weight is 397 g/mol. The molecule has 0 radical (unpaired) electrons. The number of benzene rings is 1. The van der Waals surface area contributed by atoms with E-state index in [4.69, 9.17) is 0 Å². The van der Waals surface area contributed by atoms with Gasteiger partial charge in [-0.2, -0.15) is 4.98 Å². The van der Waals surface area contributed by atoms with Crippen molar-refractivity contribution in [1.82, 2.24) is 15.0 Å². The molecule has 3 N–H and O–H groups in total. The first-order valence-electron chi connectivity index (χ1n) is 7.81. The van der Waals surface area contributed by atoms with E-state index in [1.54, 1.807) is 7.05 Å². The van der Waals surface area contributed by atoms with Crippen LogP contribution in [-0.2, 0) is 5.75 Å². The number of aliphatic hydroxyl groups excluding tert-OH is 1. The fourth-order valence-corrected chi connectivity index (χ4v) is 3.78. The average Bonchev–Trinajstić information content (AvgIpc) is 3.06. The second-order valence-electron chi connectivity index (χ2n) is 5.51. The summed E-state index contributed by atoms with van der Waals surface area (Å²) in [7, 11) is 1.76. The number of nitrogens with one attached hydrogen (secondary N) is 2. The number of hydrogen-bond donors (Lipinski definition) is 3. The van der Waals surface area contributed by atoms with Gasteiger partial charge in [-0.1, -0.05) is 35.2 Å². The third kappa shape index (κ3) is 4.02. The Bertz CT molecular complexity index is 921. The number of rotatable bonds is 7. The number of halogens is 2. The maximum atomic E-state index is 13.8. The van der Waals surface area contributed by atoms with Gasteiger partial charge in [0, 0.05) is 24.4 Å². The van der Waals surface area contributed by atoms with Crippen molar-refractivity contribution in [3.05, 3.63) is 35.4 Å². The van der Waals surface area contributed by atoms with E-state index in [2.05, 4.69) is 25.6 Å². The molecule has 0 saturated carbocycles. The summed E-state index contributed by atoms with van der Waals surface area (Å²) in [5, 5.41) is 16.5. The van der Waals surface area contributed by atoms with Gasteiger partial charge in [-0.05, 0) is 13.0 Å². The second kappa shape index (κ2) is 8.11. The Morgan fingerprint density at radius 3 is 2.81 bits per heavy atom. The molecule has 0 aliphatic carbocycles. The van der Waals surface area contributed by atoms with Crippen molar-refractivity contribution >= 4 is 44.4 Å². The summed E-state index contributed by atoms with van der Waals surface area (Å²) >= 11 is 2.58. The Morgan fingerprint density at radius 1 is 1.27 bits per heavy atom. The van der Waals surface area contributed by atoms with E-state index >= 15 is 0 Å². The number of aromatic nitrogens is 3. The molecular weight excluding hydrogens is 380 g/mol. The molecule has 3 rings (SSSR count). The van der Waals surface area contributed by atoms with Crippen molar-refractivity contribution in [2.45, 2.75) is 23.9 Å². The first kappa shape index (κ1) is 18.7. The van der Waals surface area contributed by atoms with Crippen molar-refractivity contribution in [3.63, 3.8) is 0 Å². The van der Waals surface area contributed by atoms with Gasteiger partial charge in [0.05, 0.1) is 6.61 Å². The molecule has 0 bridgehead atoms. The summed E-state index contributed by atoms with van der Waals surface area (Å²) in [6.45, 7) is 1.77. The Labute approximate surface area is 157 Å². The minimum absolute atomic E-state index is 0.0554. The van der Waals surface area contributed by atoms with Gasteiger partial charge < -0.3 is 15.7 Å². The lowest BCUT2D eigenvalue weighted by atomic mass is 10.2. The third-order valence-corrected chi connectivity index (χ3v) is 5.46. The fourth-order valence-electron chi connectivity index (χ4n) is 2.15. The summed E-state index contributed by atoms with van der Waals surface area (Å²) in [4.78, 5) is 13.2. The van der Waals surface area contributed by atoms with Gasteiger partial charge in [0.25, 0.3) is 0 Å². The largest absolute Gasteiger partial charge is 0.394 e. The van der Waals surface area contributed by atoms with Crippen molar-refractivity contribution in [3.8, 4) is 0 Å². The highest BCUT2D eigenvalue weighted by Crippen LogP contribution is 2.33. The molecule has 2 aromatic heterocycles. The van der Waals surface area contributed by atoms with Crippen molar-refractivity contribution < 1.29 is 13.9 Å². The monoisotopic (exact) mass is 397 g/mol. The molecule has 0 unspecified atom stereocenters. The van der Waals surface area contributed by atoms with Gasteiger partial charge in [-0.3, -0.25) is 0 Å². The van der Waals surface area contributed by atoms with Crippen molar-refractivity contribution in [1.29, 1.82) is 0 Å². The topological polar surface area (TPSA) is 83.0 Å². The standard InChI is InChI=1S/C16H17F2N5OS2/c1-8(6-24)20-13-12-14(21-15(19-2)26-12)23-16(22-13)25-7-9-4-3-5-10(17)11(9)18/h3-5,8,24H,6-7H2,1-2H3,(H2,19,20,21,22,23)/t8-/m1/s1. The summed E-state index contributed by atoms with van der Waals surface area (Å²) in [5.74, 6) is -0.999. The van der Waals surface area contributed by atoms with Gasteiger partial charge in [-0.25, -0.2) is 18.7 Å². The zero-order chi connectivity index (χ0) is 18.7. The van der Waals surface area contributed by atoms with Gasteiger partial charge in [-0.15, -0.1) is 0 Å². The number of anilines is 2. The molecule has 2 heterocycles. The molecule has 0 amide bonds. The Kier molecular flexibility index (Phi) is 5.84. The molecule has 6 nitrogen and oxygen atoms in total. The lowest BCUT2D eigenvalue weighted by molar-refractivity contribution is 0.281. The van der Waals surface area contributed by atoms with E-state index in [1.165, 1.54) is 35.2 Å². The number of nitrogens with zero attached hydrogens (tertiary/aromatic N) is 3. The molecule has 0 fully saturated rings. The smallest absolute Gasteiger partial charge is 0.191 e. The van der Waals surface area contributed by atoms with Crippen LogP contribution in [-0.4, -0.2) is 39.8 Å². The summed E-state index contributed by atoms with van der Waals surface area (Å²) in [5.41, 5.74) is 0.746. The normalized spacial score (nSPS) is 12.3. The Hall–Kier alpha value is -2.04. The maximum Gasteiger partial charge on any atom is 0.191 e. The molecule has 138 valence electrons. The van der Waals surface area contributed by atoms with Crippen molar-refractivity contribution in [2.24, 2.45) is 0 Å². The number of thioether (sulfide) groups is 1. The predicted octanol–water partition coefficient (Wildman–Crippen LogP) is 3.49. The lowest BCUT2D eigenvalue weighted by Crippen LogP contribution is -2.20. The molecular formula is C16H17F2N5OS2. The first-order chi connectivity index (χ1) is 12.5. The Balaban J connectivity index is 1.91. The van der Waals surface area contributed by atoms with E-state index in [0.29, 0.717) is 21.8 Å². The maximum absolute atomic E-state index is 13.8. The SMILES string of the molecule is CNc1nc2nc(SCc3cccc(F)c3F)nc(N[C@H](C)CO)c2s1. The van der Waals surface area contributed by atoms with Crippen LogP contribution in [0.15, 0.2) is 23.4 Å². The number of hydrogen-bond acceptors (Lipinski definition) is 8. The lowest BCUT2D eigenvalue weighted by Gasteiger charge is -2.12. The number of aliphatic hydroxyl groups is 1. The van der Waals surface area contributed by atoms with Gasteiger partial charge in [0.15, 0.2) is 33.4 Å². The van der Waals surface area contributed by atoms with Crippen LogP contribution in [0.4, 0.5) is 19.7 Å². The highest BCUT2D eigenvalue weighted by Gasteiger charge is 2.16.